The van der Waals surface area contributed by atoms with Gasteiger partial charge in [-0.3, -0.25) is 9.48 Å². The maximum atomic E-state index is 12.1. The molecule has 1 N–H and O–H groups in total. The summed E-state index contributed by atoms with van der Waals surface area (Å²) < 4.78 is 30.6. The Bertz CT molecular complexity index is 421. The molecule has 1 atom stereocenters. The van der Waals surface area contributed by atoms with E-state index in [4.69, 9.17) is 4.74 Å². The van der Waals surface area contributed by atoms with Gasteiger partial charge in [-0.15, -0.1) is 6.58 Å². The minimum absolute atomic E-state index is 0.347. The standard InChI is InChI=1S/C12H17F2N3O2/c1-3-4-5-19-9(2)12(18)16-10-6-15-17(7-10)8-11(13)14/h3,6-7,9,11H,1,4-5,8H2,2H3,(H,16,18). The van der Waals surface area contributed by atoms with Crippen molar-refractivity contribution in [2.75, 3.05) is 11.9 Å². The van der Waals surface area contributed by atoms with E-state index in [1.54, 1.807) is 13.0 Å². The van der Waals surface area contributed by atoms with Crippen molar-refractivity contribution < 1.29 is 18.3 Å². The van der Waals surface area contributed by atoms with Crippen LogP contribution in [0.2, 0.25) is 0 Å². The van der Waals surface area contributed by atoms with E-state index >= 15 is 0 Å². The van der Waals surface area contributed by atoms with Crippen LogP contribution in [0, 0.1) is 0 Å². The highest BCUT2D eigenvalue weighted by atomic mass is 19.3. The van der Waals surface area contributed by atoms with Crippen LogP contribution in [0.25, 0.3) is 0 Å². The van der Waals surface area contributed by atoms with Crippen molar-refractivity contribution in [2.45, 2.75) is 32.4 Å². The van der Waals surface area contributed by atoms with Gasteiger partial charge < -0.3 is 10.1 Å². The lowest BCUT2D eigenvalue weighted by Gasteiger charge is -2.11. The van der Waals surface area contributed by atoms with Gasteiger partial charge in [0.1, 0.15) is 12.6 Å². The van der Waals surface area contributed by atoms with Crippen LogP contribution in [0.5, 0.6) is 0 Å². The molecule has 0 spiro atoms. The predicted molar refractivity (Wildman–Crippen MR) is 67.1 cm³/mol. The zero-order chi connectivity index (χ0) is 14.3. The number of hydrogen-bond donors (Lipinski definition) is 1. The maximum absolute atomic E-state index is 12.1. The summed E-state index contributed by atoms with van der Waals surface area (Å²) >= 11 is 0. The Morgan fingerprint density at radius 1 is 1.68 bits per heavy atom. The van der Waals surface area contributed by atoms with E-state index in [2.05, 4.69) is 17.0 Å². The Morgan fingerprint density at radius 3 is 3.05 bits per heavy atom. The second-order valence-electron chi connectivity index (χ2n) is 3.92. The molecular weight excluding hydrogens is 256 g/mol. The lowest BCUT2D eigenvalue weighted by atomic mass is 10.3. The number of amides is 1. The highest BCUT2D eigenvalue weighted by molar-refractivity contribution is 5.93. The maximum Gasteiger partial charge on any atom is 0.257 e. The topological polar surface area (TPSA) is 56.1 Å². The van der Waals surface area contributed by atoms with E-state index in [9.17, 15) is 13.6 Å². The number of ether oxygens (including phenoxy) is 1. The van der Waals surface area contributed by atoms with Gasteiger partial charge in [0.2, 0.25) is 0 Å². The molecule has 0 bridgehead atoms. The third-order valence-electron chi connectivity index (χ3n) is 2.28. The number of carbonyl (C=O) groups excluding carboxylic acids is 1. The van der Waals surface area contributed by atoms with Crippen LogP contribution < -0.4 is 5.32 Å². The van der Waals surface area contributed by atoms with Crippen molar-refractivity contribution >= 4 is 11.6 Å². The summed E-state index contributed by atoms with van der Waals surface area (Å²) in [6.07, 6.45) is 1.91. The molecule has 19 heavy (non-hydrogen) atoms. The molecule has 1 aromatic rings. The van der Waals surface area contributed by atoms with E-state index in [0.29, 0.717) is 18.7 Å². The summed E-state index contributed by atoms with van der Waals surface area (Å²) in [7, 11) is 0. The van der Waals surface area contributed by atoms with E-state index in [1.807, 2.05) is 0 Å². The smallest absolute Gasteiger partial charge is 0.257 e. The first-order valence-corrected chi connectivity index (χ1v) is 5.87. The number of halogens is 2. The number of aromatic nitrogens is 2. The highest BCUT2D eigenvalue weighted by Gasteiger charge is 2.14. The zero-order valence-electron chi connectivity index (χ0n) is 10.7. The predicted octanol–water partition coefficient (Wildman–Crippen LogP) is 2.07. The Kier molecular flexibility index (Phi) is 6.14. The van der Waals surface area contributed by atoms with Crippen molar-refractivity contribution in [3.8, 4) is 0 Å². The second-order valence-corrected chi connectivity index (χ2v) is 3.92. The molecule has 0 aromatic carbocycles. The van der Waals surface area contributed by atoms with Crippen LogP contribution in [0.1, 0.15) is 13.3 Å². The van der Waals surface area contributed by atoms with Crippen LogP contribution >= 0.6 is 0 Å². The average molecular weight is 273 g/mol. The van der Waals surface area contributed by atoms with Crippen molar-refractivity contribution in [1.29, 1.82) is 0 Å². The fourth-order valence-electron chi connectivity index (χ4n) is 1.32. The molecule has 0 aliphatic carbocycles. The number of carbonyl (C=O) groups is 1. The zero-order valence-corrected chi connectivity index (χ0v) is 10.7. The monoisotopic (exact) mass is 273 g/mol. The first-order valence-electron chi connectivity index (χ1n) is 5.87. The Hall–Kier alpha value is -1.76. The first kappa shape index (κ1) is 15.3. The average Bonchev–Trinajstić information content (AvgIpc) is 2.75. The number of rotatable bonds is 8. The summed E-state index contributed by atoms with van der Waals surface area (Å²) in [4.78, 5) is 11.7. The van der Waals surface area contributed by atoms with Gasteiger partial charge in [0.15, 0.2) is 0 Å². The minimum atomic E-state index is -2.48. The van der Waals surface area contributed by atoms with Crippen LogP contribution in [0.15, 0.2) is 25.0 Å². The summed E-state index contributed by atoms with van der Waals surface area (Å²) in [5, 5.41) is 6.26. The fourth-order valence-corrected chi connectivity index (χ4v) is 1.32. The van der Waals surface area contributed by atoms with Gasteiger partial charge in [-0.25, -0.2) is 8.78 Å². The van der Waals surface area contributed by atoms with E-state index in [0.717, 1.165) is 4.68 Å². The molecule has 0 saturated carbocycles. The molecule has 1 heterocycles. The third-order valence-corrected chi connectivity index (χ3v) is 2.28. The molecule has 1 amide bonds. The van der Waals surface area contributed by atoms with Crippen LogP contribution in [0.4, 0.5) is 14.5 Å². The highest BCUT2D eigenvalue weighted by Crippen LogP contribution is 2.08. The number of nitrogens with zero attached hydrogens (tertiary/aromatic N) is 2. The normalized spacial score (nSPS) is 12.4. The van der Waals surface area contributed by atoms with Gasteiger partial charge in [0.25, 0.3) is 12.3 Å². The van der Waals surface area contributed by atoms with Crippen LogP contribution in [-0.2, 0) is 16.1 Å². The van der Waals surface area contributed by atoms with E-state index in [1.165, 1.54) is 12.4 Å². The molecule has 106 valence electrons. The summed E-state index contributed by atoms with van der Waals surface area (Å²) in [5.41, 5.74) is 0.366. The number of anilines is 1. The second kappa shape index (κ2) is 7.63. The largest absolute Gasteiger partial charge is 0.368 e. The molecule has 0 fully saturated rings. The van der Waals surface area contributed by atoms with Gasteiger partial charge in [-0.2, -0.15) is 5.10 Å². The van der Waals surface area contributed by atoms with Crippen molar-refractivity contribution in [3.63, 3.8) is 0 Å². The molecule has 7 heteroatoms. The SMILES string of the molecule is C=CCCOC(C)C(=O)Nc1cnn(CC(F)F)c1. The molecule has 0 aliphatic heterocycles. The van der Waals surface area contributed by atoms with Gasteiger partial charge in [-0.05, 0) is 13.3 Å². The molecular formula is C12H17F2N3O2. The van der Waals surface area contributed by atoms with E-state index < -0.39 is 19.1 Å². The van der Waals surface area contributed by atoms with Crippen molar-refractivity contribution in [3.05, 3.63) is 25.0 Å². The molecule has 1 unspecified atom stereocenters. The van der Waals surface area contributed by atoms with Gasteiger partial charge >= 0.3 is 0 Å². The quantitative estimate of drug-likeness (QED) is 0.582. The van der Waals surface area contributed by atoms with Crippen LogP contribution in [0.3, 0.4) is 0 Å². The van der Waals surface area contributed by atoms with Gasteiger partial charge in [0, 0.05) is 6.20 Å². The lowest BCUT2D eigenvalue weighted by Crippen LogP contribution is -2.27. The Balaban J connectivity index is 2.42. The molecule has 0 aliphatic rings. The van der Waals surface area contributed by atoms with Crippen molar-refractivity contribution in [1.82, 2.24) is 9.78 Å². The number of nitrogens with one attached hydrogen (secondary N) is 1. The summed E-state index contributed by atoms with van der Waals surface area (Å²) in [6, 6.07) is 0. The molecule has 1 aromatic heterocycles. The molecule has 0 radical (unpaired) electrons. The fraction of sp³-hybridized carbons (Fsp3) is 0.500. The number of hydrogen-bond acceptors (Lipinski definition) is 3. The lowest BCUT2D eigenvalue weighted by molar-refractivity contribution is -0.126. The Labute approximate surface area is 110 Å². The summed E-state index contributed by atoms with van der Waals surface area (Å²) in [5.74, 6) is -0.347. The third kappa shape index (κ3) is 5.60. The Morgan fingerprint density at radius 2 is 2.42 bits per heavy atom. The minimum Gasteiger partial charge on any atom is -0.368 e. The van der Waals surface area contributed by atoms with Gasteiger partial charge in [0.05, 0.1) is 18.5 Å². The van der Waals surface area contributed by atoms with Gasteiger partial charge in [-0.1, -0.05) is 6.08 Å². The van der Waals surface area contributed by atoms with Crippen LogP contribution in [-0.4, -0.2) is 34.8 Å². The number of alkyl halides is 2. The molecule has 5 nitrogen and oxygen atoms in total. The summed E-state index contributed by atoms with van der Waals surface area (Å²) in [6.45, 7) is 5.06. The van der Waals surface area contributed by atoms with E-state index in [-0.39, 0.29) is 5.91 Å². The first-order chi connectivity index (χ1) is 9.02. The molecule has 1 rings (SSSR count). The molecule has 0 saturated heterocycles. The van der Waals surface area contributed by atoms with Crippen molar-refractivity contribution in [2.24, 2.45) is 0 Å².